The Bertz CT molecular complexity index is 677. The number of carbonyl (C=O) groups is 1. The van der Waals surface area contributed by atoms with Gasteiger partial charge in [0.05, 0.1) is 18.3 Å². The van der Waals surface area contributed by atoms with Gasteiger partial charge in [0.2, 0.25) is 0 Å². The van der Waals surface area contributed by atoms with E-state index in [9.17, 15) is 4.79 Å². The zero-order valence-electron chi connectivity index (χ0n) is 11.8. The van der Waals surface area contributed by atoms with E-state index in [2.05, 4.69) is 26.3 Å². The van der Waals surface area contributed by atoms with E-state index in [0.717, 1.165) is 36.8 Å². The Morgan fingerprint density at radius 2 is 2.29 bits per heavy atom. The number of aromatic amines is 1. The van der Waals surface area contributed by atoms with E-state index in [1.807, 2.05) is 18.2 Å². The van der Waals surface area contributed by atoms with Crippen LogP contribution in [0.1, 0.15) is 23.2 Å². The summed E-state index contributed by atoms with van der Waals surface area (Å²) >= 11 is 0. The summed E-state index contributed by atoms with van der Waals surface area (Å²) in [5, 5.41) is 10.9. The van der Waals surface area contributed by atoms with E-state index in [1.54, 1.807) is 6.20 Å². The summed E-state index contributed by atoms with van der Waals surface area (Å²) in [5.41, 5.74) is 1.61. The Labute approximate surface area is 123 Å². The average Bonchev–Trinajstić information content (AvgIpc) is 2.97. The quantitative estimate of drug-likeness (QED) is 0.836. The van der Waals surface area contributed by atoms with E-state index in [4.69, 9.17) is 6.42 Å². The molecule has 2 aromatic rings. The predicted octanol–water partition coefficient (Wildman–Crippen LogP) is 1.39. The van der Waals surface area contributed by atoms with Crippen molar-refractivity contribution in [2.75, 3.05) is 19.6 Å². The van der Waals surface area contributed by atoms with Crippen LogP contribution in [0.25, 0.3) is 10.9 Å². The van der Waals surface area contributed by atoms with Crippen LogP contribution < -0.4 is 5.32 Å². The van der Waals surface area contributed by atoms with E-state index in [1.165, 1.54) is 0 Å². The zero-order chi connectivity index (χ0) is 14.7. The normalized spacial score (nSPS) is 16.7. The minimum atomic E-state index is -0.0199. The molecule has 0 atom stereocenters. The van der Waals surface area contributed by atoms with Crippen LogP contribution in [0.2, 0.25) is 0 Å². The average molecular weight is 282 g/mol. The smallest absolute Gasteiger partial charge is 0.251 e. The molecule has 5 heteroatoms. The summed E-state index contributed by atoms with van der Waals surface area (Å²) in [7, 11) is 0. The van der Waals surface area contributed by atoms with Crippen molar-refractivity contribution in [1.29, 1.82) is 0 Å². The van der Waals surface area contributed by atoms with Crippen molar-refractivity contribution in [2.45, 2.75) is 18.9 Å². The van der Waals surface area contributed by atoms with Gasteiger partial charge in [-0.2, -0.15) is 5.10 Å². The van der Waals surface area contributed by atoms with Crippen LogP contribution in [0.5, 0.6) is 0 Å². The number of likely N-dealkylation sites (tertiary alicyclic amines) is 1. The van der Waals surface area contributed by atoms with Gasteiger partial charge in [-0.25, -0.2) is 0 Å². The van der Waals surface area contributed by atoms with Crippen molar-refractivity contribution in [3.63, 3.8) is 0 Å². The number of piperidine rings is 1. The number of carbonyl (C=O) groups excluding carboxylic acids is 1. The van der Waals surface area contributed by atoms with E-state index in [0.29, 0.717) is 12.1 Å². The van der Waals surface area contributed by atoms with Crippen LogP contribution >= 0.6 is 0 Å². The highest BCUT2D eigenvalue weighted by molar-refractivity contribution is 5.98. The van der Waals surface area contributed by atoms with Gasteiger partial charge in [0.25, 0.3) is 5.91 Å². The molecular weight excluding hydrogens is 264 g/mol. The molecule has 1 amide bonds. The largest absolute Gasteiger partial charge is 0.349 e. The minimum absolute atomic E-state index is 0.0199. The molecule has 0 spiro atoms. The number of terminal acetylenes is 1. The Balaban J connectivity index is 1.60. The van der Waals surface area contributed by atoms with Crippen LogP contribution in [0.15, 0.2) is 24.4 Å². The molecule has 1 aliphatic rings. The van der Waals surface area contributed by atoms with Gasteiger partial charge in [-0.1, -0.05) is 5.92 Å². The Morgan fingerprint density at radius 1 is 1.48 bits per heavy atom. The highest BCUT2D eigenvalue weighted by Gasteiger charge is 2.20. The van der Waals surface area contributed by atoms with Crippen molar-refractivity contribution in [2.24, 2.45) is 0 Å². The molecule has 1 aromatic heterocycles. The molecule has 108 valence electrons. The first-order chi connectivity index (χ1) is 10.3. The minimum Gasteiger partial charge on any atom is -0.349 e. The fraction of sp³-hybridized carbons (Fsp3) is 0.375. The van der Waals surface area contributed by atoms with Gasteiger partial charge in [0, 0.05) is 30.1 Å². The Morgan fingerprint density at radius 3 is 3.05 bits per heavy atom. The van der Waals surface area contributed by atoms with Gasteiger partial charge in [-0.15, -0.1) is 6.42 Å². The lowest BCUT2D eigenvalue weighted by Crippen LogP contribution is -2.44. The van der Waals surface area contributed by atoms with Gasteiger partial charge >= 0.3 is 0 Å². The van der Waals surface area contributed by atoms with Crippen LogP contribution in [0, 0.1) is 12.3 Å². The number of fused-ring (bicyclic) bond motifs is 1. The number of H-pyrrole nitrogens is 1. The predicted molar refractivity (Wildman–Crippen MR) is 81.9 cm³/mol. The molecule has 2 N–H and O–H groups in total. The molecule has 0 bridgehead atoms. The third-order valence-electron chi connectivity index (χ3n) is 3.94. The molecule has 21 heavy (non-hydrogen) atoms. The summed E-state index contributed by atoms with van der Waals surface area (Å²) in [5.74, 6) is 2.64. The summed E-state index contributed by atoms with van der Waals surface area (Å²) < 4.78 is 0. The maximum Gasteiger partial charge on any atom is 0.251 e. The van der Waals surface area contributed by atoms with Crippen molar-refractivity contribution in [3.05, 3.63) is 30.0 Å². The Kier molecular flexibility index (Phi) is 3.89. The van der Waals surface area contributed by atoms with Crippen LogP contribution in [0.3, 0.4) is 0 Å². The lowest BCUT2D eigenvalue weighted by Gasteiger charge is -2.31. The van der Waals surface area contributed by atoms with Crippen LogP contribution in [0.4, 0.5) is 0 Å². The summed E-state index contributed by atoms with van der Waals surface area (Å²) in [6.45, 7) is 2.57. The second-order valence-electron chi connectivity index (χ2n) is 5.40. The molecule has 5 nitrogen and oxygen atoms in total. The number of benzene rings is 1. The van der Waals surface area contributed by atoms with E-state index in [-0.39, 0.29) is 11.9 Å². The van der Waals surface area contributed by atoms with Crippen molar-refractivity contribution < 1.29 is 4.79 Å². The first-order valence-electron chi connectivity index (χ1n) is 7.16. The number of hydrogen-bond donors (Lipinski definition) is 2. The monoisotopic (exact) mass is 282 g/mol. The Hall–Kier alpha value is -2.32. The molecule has 1 aliphatic heterocycles. The molecule has 0 saturated carbocycles. The highest BCUT2D eigenvalue weighted by Crippen LogP contribution is 2.14. The summed E-state index contributed by atoms with van der Waals surface area (Å²) in [6.07, 6.45) is 8.94. The van der Waals surface area contributed by atoms with Crippen LogP contribution in [-0.2, 0) is 0 Å². The lowest BCUT2D eigenvalue weighted by atomic mass is 10.0. The molecule has 0 unspecified atom stereocenters. The molecule has 0 radical (unpaired) electrons. The maximum absolute atomic E-state index is 12.3. The van der Waals surface area contributed by atoms with E-state index < -0.39 is 0 Å². The highest BCUT2D eigenvalue weighted by atomic mass is 16.1. The molecule has 1 fully saturated rings. The van der Waals surface area contributed by atoms with Gasteiger partial charge < -0.3 is 5.32 Å². The first-order valence-corrected chi connectivity index (χ1v) is 7.16. The number of aromatic nitrogens is 2. The number of hydrogen-bond acceptors (Lipinski definition) is 3. The summed E-state index contributed by atoms with van der Waals surface area (Å²) in [4.78, 5) is 14.5. The molecule has 1 aromatic carbocycles. The SMILES string of the molecule is C#CCN1CCC(NC(=O)c2ccc3[nH]ncc3c2)CC1. The van der Waals surface area contributed by atoms with Crippen molar-refractivity contribution in [3.8, 4) is 12.3 Å². The fourth-order valence-electron chi connectivity index (χ4n) is 2.72. The molecule has 3 rings (SSSR count). The summed E-state index contributed by atoms with van der Waals surface area (Å²) in [6, 6.07) is 5.80. The zero-order valence-corrected chi connectivity index (χ0v) is 11.8. The maximum atomic E-state index is 12.3. The van der Waals surface area contributed by atoms with Gasteiger partial charge in [-0.3, -0.25) is 14.8 Å². The van der Waals surface area contributed by atoms with Gasteiger partial charge in [0.15, 0.2) is 0 Å². The standard InChI is InChI=1S/C16H18N4O/c1-2-7-20-8-5-14(6-9-20)18-16(21)12-3-4-15-13(10-12)11-17-19-15/h1,3-4,10-11,14H,5-9H2,(H,17,19)(H,18,21). The number of rotatable bonds is 3. The first kappa shape index (κ1) is 13.7. The number of nitrogens with one attached hydrogen (secondary N) is 2. The third-order valence-corrected chi connectivity index (χ3v) is 3.94. The molecule has 2 heterocycles. The second kappa shape index (κ2) is 5.98. The molecular formula is C16H18N4O. The fourth-order valence-corrected chi connectivity index (χ4v) is 2.72. The molecule has 0 aliphatic carbocycles. The lowest BCUT2D eigenvalue weighted by molar-refractivity contribution is 0.0914. The topological polar surface area (TPSA) is 61.0 Å². The second-order valence-corrected chi connectivity index (χ2v) is 5.40. The number of amides is 1. The van der Waals surface area contributed by atoms with E-state index >= 15 is 0 Å². The van der Waals surface area contributed by atoms with Crippen LogP contribution in [-0.4, -0.2) is 46.7 Å². The third kappa shape index (κ3) is 3.06. The molecule has 1 saturated heterocycles. The number of nitrogens with zero attached hydrogens (tertiary/aromatic N) is 2. The van der Waals surface area contributed by atoms with Crippen molar-refractivity contribution >= 4 is 16.8 Å². The van der Waals surface area contributed by atoms with Gasteiger partial charge in [0.1, 0.15) is 0 Å². The van der Waals surface area contributed by atoms with Gasteiger partial charge in [-0.05, 0) is 31.0 Å². The van der Waals surface area contributed by atoms with Crippen molar-refractivity contribution in [1.82, 2.24) is 20.4 Å².